The molecule has 12 heteroatoms. The maximum atomic E-state index is 13.9. The van der Waals surface area contributed by atoms with Crippen molar-refractivity contribution in [1.29, 1.82) is 5.41 Å². The van der Waals surface area contributed by atoms with E-state index < -0.39 is 15.6 Å². The molecule has 43 heavy (non-hydrogen) atoms. The molecular weight excluding hydrogens is 570 g/mol. The molecule has 2 aromatic carbocycles. The zero-order valence-corrected chi connectivity index (χ0v) is 25.6. The number of ketones is 1. The molecule has 1 aliphatic heterocycles. The summed E-state index contributed by atoms with van der Waals surface area (Å²) in [5.74, 6) is 0.899. The van der Waals surface area contributed by atoms with Gasteiger partial charge in [0.15, 0.2) is 5.78 Å². The average molecular weight is 608 g/mol. The lowest BCUT2D eigenvalue weighted by Crippen LogP contribution is -2.40. The zero-order valence-electron chi connectivity index (χ0n) is 24.8. The number of ether oxygens (including phenoxy) is 2. The molecule has 11 nitrogen and oxygen atoms in total. The Bertz CT molecular complexity index is 1710. The van der Waals surface area contributed by atoms with E-state index in [4.69, 9.17) is 14.9 Å². The van der Waals surface area contributed by atoms with Gasteiger partial charge < -0.3 is 25.2 Å². The van der Waals surface area contributed by atoms with Crippen LogP contribution in [0, 0.1) is 5.41 Å². The monoisotopic (exact) mass is 607 g/mol. The Morgan fingerprint density at radius 3 is 2.51 bits per heavy atom. The number of benzene rings is 2. The Labute approximate surface area is 251 Å². The van der Waals surface area contributed by atoms with Crippen LogP contribution in [0.4, 0.5) is 5.69 Å². The van der Waals surface area contributed by atoms with Gasteiger partial charge in [-0.25, -0.2) is 13.4 Å². The van der Waals surface area contributed by atoms with Crippen LogP contribution in [0.5, 0.6) is 11.5 Å². The molecule has 0 amide bonds. The van der Waals surface area contributed by atoms with Gasteiger partial charge in [-0.3, -0.25) is 9.59 Å². The molecular formula is C31H37N5O6S. The fourth-order valence-corrected chi connectivity index (χ4v) is 6.30. The van der Waals surface area contributed by atoms with Crippen molar-refractivity contribution in [3.63, 3.8) is 0 Å². The van der Waals surface area contributed by atoms with E-state index in [-0.39, 0.29) is 58.7 Å². The highest BCUT2D eigenvalue weighted by Crippen LogP contribution is 2.33. The third-order valence-electron chi connectivity index (χ3n) is 6.94. The second-order valence-corrected chi connectivity index (χ2v) is 11.8. The molecule has 0 bridgehead atoms. The van der Waals surface area contributed by atoms with E-state index in [0.717, 1.165) is 0 Å². The molecule has 1 aromatic heterocycles. The second kappa shape index (κ2) is 13.8. The van der Waals surface area contributed by atoms with E-state index in [1.807, 2.05) is 32.0 Å². The zero-order chi connectivity index (χ0) is 31.1. The molecule has 0 radical (unpaired) electrons. The van der Waals surface area contributed by atoms with E-state index >= 15 is 0 Å². The van der Waals surface area contributed by atoms with Crippen molar-refractivity contribution in [2.45, 2.75) is 44.9 Å². The van der Waals surface area contributed by atoms with Crippen molar-refractivity contribution >= 4 is 33.3 Å². The lowest BCUT2D eigenvalue weighted by molar-refractivity contribution is -0.116. The molecule has 0 aliphatic carbocycles. The SMILES string of the molecule is CCCC(=N)c1nc(-c2cc(S(=O)(=O)N3CCC(=O)C(=Cc4ccccc4OCC)C3)ccc2OCC)[nH]c(=O)c1NC. The van der Waals surface area contributed by atoms with Gasteiger partial charge in [-0.05, 0) is 50.6 Å². The topological polar surface area (TPSA) is 155 Å². The number of aromatic amines is 1. The van der Waals surface area contributed by atoms with Crippen LogP contribution in [-0.2, 0) is 14.8 Å². The van der Waals surface area contributed by atoms with E-state index in [1.54, 1.807) is 26.1 Å². The second-order valence-electron chi connectivity index (χ2n) is 9.86. The van der Waals surface area contributed by atoms with Crippen LogP contribution < -0.4 is 20.3 Å². The normalized spacial score (nSPS) is 15.0. The first-order valence-electron chi connectivity index (χ1n) is 14.3. The largest absolute Gasteiger partial charge is 0.493 e. The number of hydrogen-bond acceptors (Lipinski definition) is 9. The summed E-state index contributed by atoms with van der Waals surface area (Å²) >= 11 is 0. The number of Topliss-reactive ketones (excluding diaryl/α,β-unsaturated/α-hetero) is 1. The van der Waals surface area contributed by atoms with Gasteiger partial charge in [-0.15, -0.1) is 0 Å². The minimum atomic E-state index is -4.07. The number of nitrogens with zero attached hydrogens (tertiary/aromatic N) is 2. The summed E-state index contributed by atoms with van der Waals surface area (Å²) in [6.07, 6.45) is 2.82. The summed E-state index contributed by atoms with van der Waals surface area (Å²) in [5.41, 5.74) is 1.37. The number of para-hydroxylation sites is 1. The number of sulfonamides is 1. The smallest absolute Gasteiger partial charge is 0.275 e. The van der Waals surface area contributed by atoms with Crippen LogP contribution in [-0.4, -0.2) is 67.5 Å². The van der Waals surface area contributed by atoms with Gasteiger partial charge in [-0.2, -0.15) is 4.31 Å². The Morgan fingerprint density at radius 2 is 1.81 bits per heavy atom. The van der Waals surface area contributed by atoms with Crippen LogP contribution in [0.1, 0.15) is 51.3 Å². The molecule has 2 heterocycles. The number of nitrogens with one attached hydrogen (secondary N) is 3. The molecule has 3 aromatic rings. The van der Waals surface area contributed by atoms with Gasteiger partial charge in [0.05, 0.1) is 29.4 Å². The summed E-state index contributed by atoms with van der Waals surface area (Å²) in [5, 5.41) is 11.3. The lowest BCUT2D eigenvalue weighted by Gasteiger charge is -2.27. The standard InChI is InChI=1S/C31H37N5O6S/c1-5-10-24(32)28-29(33-4)31(38)35-30(34-28)23-18-22(13-14-27(23)42-7-3)43(39,40)36-16-15-25(37)21(19-36)17-20-11-8-9-12-26(20)41-6-2/h8-9,11-14,17-18,32-33H,5-7,10,15-16,19H2,1-4H3,(H,34,35,38). The van der Waals surface area contributed by atoms with Crippen molar-refractivity contribution in [2.24, 2.45) is 0 Å². The predicted octanol–water partition coefficient (Wildman–Crippen LogP) is 4.49. The summed E-state index contributed by atoms with van der Waals surface area (Å²) in [7, 11) is -2.49. The molecule has 0 unspecified atom stereocenters. The fraction of sp³-hybridized carbons (Fsp3) is 0.355. The Kier molecular flexibility index (Phi) is 10.1. The van der Waals surface area contributed by atoms with Crippen molar-refractivity contribution in [1.82, 2.24) is 14.3 Å². The minimum Gasteiger partial charge on any atom is -0.493 e. The molecule has 3 N–H and O–H groups in total. The third-order valence-corrected chi connectivity index (χ3v) is 8.78. The van der Waals surface area contributed by atoms with Crippen LogP contribution in [0.25, 0.3) is 17.5 Å². The van der Waals surface area contributed by atoms with Crippen LogP contribution in [0.15, 0.2) is 57.7 Å². The molecule has 0 spiro atoms. The highest BCUT2D eigenvalue weighted by Gasteiger charge is 2.32. The van der Waals surface area contributed by atoms with Gasteiger partial charge in [0.2, 0.25) is 10.0 Å². The summed E-state index contributed by atoms with van der Waals surface area (Å²) in [6, 6.07) is 11.7. The Hall–Kier alpha value is -4.29. The Morgan fingerprint density at radius 1 is 1.09 bits per heavy atom. The molecule has 1 saturated heterocycles. The number of H-pyrrole nitrogens is 1. The molecule has 0 atom stereocenters. The number of anilines is 1. The van der Waals surface area contributed by atoms with Crippen molar-refractivity contribution in [3.05, 3.63) is 69.6 Å². The first-order valence-corrected chi connectivity index (χ1v) is 15.7. The molecule has 1 aliphatic rings. The number of rotatable bonds is 12. The van der Waals surface area contributed by atoms with E-state index in [2.05, 4.69) is 15.3 Å². The maximum Gasteiger partial charge on any atom is 0.275 e. The minimum absolute atomic E-state index is 0.0262. The first-order chi connectivity index (χ1) is 20.6. The number of aromatic nitrogens is 2. The quantitative estimate of drug-likeness (QED) is 0.201. The van der Waals surface area contributed by atoms with Gasteiger partial charge in [0.1, 0.15) is 28.7 Å². The summed E-state index contributed by atoms with van der Waals surface area (Å²) in [6.45, 7) is 6.25. The lowest BCUT2D eigenvalue weighted by atomic mass is 10.0. The maximum absolute atomic E-state index is 13.9. The molecule has 1 fully saturated rings. The van der Waals surface area contributed by atoms with E-state index in [9.17, 15) is 18.0 Å². The van der Waals surface area contributed by atoms with Crippen molar-refractivity contribution in [2.75, 3.05) is 38.7 Å². The number of hydrogen-bond donors (Lipinski definition) is 3. The van der Waals surface area contributed by atoms with E-state index in [0.29, 0.717) is 48.7 Å². The summed E-state index contributed by atoms with van der Waals surface area (Å²) < 4.78 is 40.6. The highest BCUT2D eigenvalue weighted by molar-refractivity contribution is 7.89. The molecule has 4 rings (SSSR count). The molecule has 0 saturated carbocycles. The average Bonchev–Trinajstić information content (AvgIpc) is 2.99. The van der Waals surface area contributed by atoms with Gasteiger partial charge in [0.25, 0.3) is 5.56 Å². The van der Waals surface area contributed by atoms with Gasteiger partial charge >= 0.3 is 0 Å². The van der Waals surface area contributed by atoms with Gasteiger partial charge in [0, 0.05) is 37.7 Å². The number of carbonyl (C=O) groups excluding carboxylic acids is 1. The predicted molar refractivity (Wildman–Crippen MR) is 167 cm³/mol. The van der Waals surface area contributed by atoms with E-state index in [1.165, 1.54) is 22.5 Å². The fourth-order valence-electron chi connectivity index (χ4n) is 4.85. The number of piperidine rings is 1. The van der Waals surface area contributed by atoms with Crippen LogP contribution in [0.3, 0.4) is 0 Å². The first kappa shape index (κ1) is 31.6. The van der Waals surface area contributed by atoms with Crippen LogP contribution in [0.2, 0.25) is 0 Å². The van der Waals surface area contributed by atoms with Crippen LogP contribution >= 0.6 is 0 Å². The van der Waals surface area contributed by atoms with Crippen molar-refractivity contribution in [3.8, 4) is 22.9 Å². The van der Waals surface area contributed by atoms with Gasteiger partial charge in [-0.1, -0.05) is 31.5 Å². The molecule has 228 valence electrons. The summed E-state index contributed by atoms with van der Waals surface area (Å²) in [4.78, 5) is 33.1. The number of carbonyl (C=O) groups is 1. The Balaban J connectivity index is 1.76. The highest BCUT2D eigenvalue weighted by atomic mass is 32.2. The van der Waals surface area contributed by atoms with Crippen molar-refractivity contribution < 1.29 is 22.7 Å². The third kappa shape index (κ3) is 6.86.